The van der Waals surface area contributed by atoms with Crippen molar-refractivity contribution in [1.82, 2.24) is 0 Å². The van der Waals surface area contributed by atoms with Crippen LogP contribution in [0.1, 0.15) is 11.1 Å². The third-order valence-electron chi connectivity index (χ3n) is 3.24. The van der Waals surface area contributed by atoms with E-state index in [-0.39, 0.29) is 46.4 Å². The molecule has 0 spiro atoms. The van der Waals surface area contributed by atoms with Crippen molar-refractivity contribution in [3.63, 3.8) is 0 Å². The zero-order valence-electron chi connectivity index (χ0n) is 12.8. The Morgan fingerprint density at radius 3 is 1.78 bits per heavy atom. The Labute approximate surface area is 176 Å². The van der Waals surface area contributed by atoms with Crippen molar-refractivity contribution in [3.8, 4) is 0 Å². The topological polar surface area (TPSA) is 178 Å². The second-order valence-electron chi connectivity index (χ2n) is 5.06. The van der Waals surface area contributed by atoms with E-state index in [0.29, 0.717) is 6.07 Å². The van der Waals surface area contributed by atoms with E-state index in [1.807, 2.05) is 0 Å². The average Bonchev–Trinajstić information content (AvgIpc) is 2.51. The van der Waals surface area contributed by atoms with Gasteiger partial charge in [-0.1, -0.05) is 18.2 Å². The van der Waals surface area contributed by atoms with E-state index in [9.17, 15) is 36.1 Å². The van der Waals surface area contributed by atoms with Crippen LogP contribution in [0.25, 0.3) is 12.2 Å². The van der Waals surface area contributed by atoms with Crippen LogP contribution in [0.15, 0.2) is 46.2 Å². The van der Waals surface area contributed by atoms with Crippen molar-refractivity contribution in [1.29, 1.82) is 0 Å². The van der Waals surface area contributed by atoms with E-state index in [2.05, 4.69) is 0 Å². The quantitative estimate of drug-likeness (QED) is 0.159. The SMILES string of the molecule is Nc1ccc(/C=C/c2ccc([N+](=O)[O-])cc2S(=O)(=O)O)c(S(=O)(=O)O)c1.[NaH]. The minimum atomic E-state index is -4.78. The number of nitro benzene ring substituents is 1. The van der Waals surface area contributed by atoms with Gasteiger partial charge in [0.05, 0.1) is 4.92 Å². The van der Waals surface area contributed by atoms with Crippen molar-refractivity contribution >= 4 is 73.3 Å². The van der Waals surface area contributed by atoms with Crippen LogP contribution in [0.5, 0.6) is 0 Å². The molecule has 2 aromatic rings. The summed E-state index contributed by atoms with van der Waals surface area (Å²) in [6.45, 7) is 0. The van der Waals surface area contributed by atoms with Crippen LogP contribution in [0.2, 0.25) is 0 Å². The predicted molar refractivity (Wildman–Crippen MR) is 99.7 cm³/mol. The van der Waals surface area contributed by atoms with Crippen molar-refractivity contribution in [2.75, 3.05) is 5.73 Å². The van der Waals surface area contributed by atoms with Crippen LogP contribution < -0.4 is 5.73 Å². The first kappa shape index (κ1) is 23.2. The Morgan fingerprint density at radius 2 is 1.33 bits per heavy atom. The van der Waals surface area contributed by atoms with Gasteiger partial charge < -0.3 is 5.73 Å². The van der Waals surface area contributed by atoms with Crippen molar-refractivity contribution in [2.24, 2.45) is 0 Å². The first-order chi connectivity index (χ1) is 11.9. The molecular weight excluding hydrogens is 411 g/mol. The maximum absolute atomic E-state index is 11.5. The molecule has 140 valence electrons. The molecule has 0 aliphatic rings. The molecule has 0 bridgehead atoms. The fourth-order valence-corrected chi connectivity index (χ4v) is 3.51. The molecular formula is C14H13N2NaO8S2. The molecule has 0 aliphatic carbocycles. The van der Waals surface area contributed by atoms with Gasteiger partial charge in [0, 0.05) is 17.8 Å². The van der Waals surface area contributed by atoms with Gasteiger partial charge in [0.25, 0.3) is 25.9 Å². The average molecular weight is 424 g/mol. The minimum absolute atomic E-state index is 0. The van der Waals surface area contributed by atoms with E-state index < -0.39 is 40.6 Å². The monoisotopic (exact) mass is 424 g/mol. The normalized spacial score (nSPS) is 11.9. The van der Waals surface area contributed by atoms with Gasteiger partial charge in [-0.15, -0.1) is 0 Å². The van der Waals surface area contributed by atoms with E-state index in [0.717, 1.165) is 30.4 Å². The Hall–Kier alpha value is -1.80. The van der Waals surface area contributed by atoms with Gasteiger partial charge >= 0.3 is 29.6 Å². The van der Waals surface area contributed by atoms with Gasteiger partial charge in [-0.2, -0.15) is 16.8 Å². The van der Waals surface area contributed by atoms with E-state index in [4.69, 9.17) is 5.73 Å². The summed E-state index contributed by atoms with van der Waals surface area (Å²) < 4.78 is 64.3. The number of hydrogen-bond donors (Lipinski definition) is 3. The molecule has 13 heteroatoms. The van der Waals surface area contributed by atoms with E-state index in [1.165, 1.54) is 12.1 Å². The van der Waals surface area contributed by atoms with E-state index >= 15 is 0 Å². The Kier molecular flexibility index (Phi) is 7.30. The van der Waals surface area contributed by atoms with Crippen LogP contribution in [0.3, 0.4) is 0 Å². The molecule has 0 fully saturated rings. The second kappa shape index (κ2) is 8.48. The first-order valence-corrected chi connectivity index (χ1v) is 9.58. The predicted octanol–water partition coefficient (Wildman–Crippen LogP) is 1.19. The standard InChI is InChI=1S/C14H12N2O8S2.Na.H/c15-11-5-3-9(13(7-11)25(19,20)21)1-2-10-4-6-12(16(17)18)8-14(10)26(22,23)24;;/h1-8H,15H2,(H,19,20,21)(H,22,23,24);;/b2-1+;;. The van der Waals surface area contributed by atoms with Gasteiger partial charge in [0.15, 0.2) is 0 Å². The zero-order chi connectivity index (χ0) is 19.7. The number of nitrogens with two attached hydrogens (primary N) is 1. The summed E-state index contributed by atoms with van der Waals surface area (Å²) in [5.41, 5.74) is 4.86. The summed E-state index contributed by atoms with van der Waals surface area (Å²) in [5, 5.41) is 10.8. The molecule has 0 saturated heterocycles. The van der Waals surface area contributed by atoms with Crippen LogP contribution in [0.4, 0.5) is 11.4 Å². The number of anilines is 1. The first-order valence-electron chi connectivity index (χ1n) is 6.70. The number of non-ortho nitro benzene ring substituents is 1. The van der Waals surface area contributed by atoms with Crippen molar-refractivity contribution < 1.29 is 30.9 Å². The fourth-order valence-electron chi connectivity index (χ4n) is 2.09. The molecule has 4 N–H and O–H groups in total. The molecule has 0 unspecified atom stereocenters. The molecule has 2 rings (SSSR count). The molecule has 0 saturated carbocycles. The molecule has 2 aromatic carbocycles. The number of hydrogen-bond acceptors (Lipinski definition) is 7. The number of nitrogens with zero attached hydrogens (tertiary/aromatic N) is 1. The Bertz CT molecular complexity index is 1130. The molecule has 10 nitrogen and oxygen atoms in total. The van der Waals surface area contributed by atoms with Crippen LogP contribution >= 0.6 is 0 Å². The van der Waals surface area contributed by atoms with Crippen LogP contribution in [-0.2, 0) is 20.2 Å². The third-order valence-corrected chi connectivity index (χ3v) is 5.06. The summed E-state index contributed by atoms with van der Waals surface area (Å²) in [5.74, 6) is 0. The van der Waals surface area contributed by atoms with E-state index in [1.54, 1.807) is 0 Å². The number of benzene rings is 2. The second-order valence-corrected chi connectivity index (χ2v) is 7.84. The van der Waals surface area contributed by atoms with Gasteiger partial charge in [0.1, 0.15) is 9.79 Å². The fraction of sp³-hybridized carbons (Fsp3) is 0. The summed E-state index contributed by atoms with van der Waals surface area (Å²) >= 11 is 0. The third kappa shape index (κ3) is 5.84. The van der Waals surface area contributed by atoms with Gasteiger partial charge in [-0.05, 0) is 29.3 Å². The summed E-state index contributed by atoms with van der Waals surface area (Å²) in [6.07, 6.45) is 2.27. The zero-order valence-corrected chi connectivity index (χ0v) is 14.4. The molecule has 0 amide bonds. The number of nitro groups is 1. The van der Waals surface area contributed by atoms with Crippen molar-refractivity contribution in [2.45, 2.75) is 9.79 Å². The van der Waals surface area contributed by atoms with Crippen LogP contribution in [0, 0.1) is 10.1 Å². The van der Waals surface area contributed by atoms with Crippen molar-refractivity contribution in [3.05, 3.63) is 57.6 Å². The number of nitrogen functional groups attached to an aromatic ring is 1. The molecule has 27 heavy (non-hydrogen) atoms. The molecule has 0 atom stereocenters. The van der Waals surface area contributed by atoms with Gasteiger partial charge in [-0.3, -0.25) is 19.2 Å². The molecule has 0 aliphatic heterocycles. The Balaban J connectivity index is 0.00000364. The summed E-state index contributed by atoms with van der Waals surface area (Å²) in [6, 6.07) is 6.39. The molecule has 0 heterocycles. The van der Waals surface area contributed by atoms with Crippen LogP contribution in [-0.4, -0.2) is 60.4 Å². The number of rotatable bonds is 5. The molecule has 0 aromatic heterocycles. The summed E-state index contributed by atoms with van der Waals surface area (Å²) in [7, 11) is -9.39. The Morgan fingerprint density at radius 1 is 0.889 bits per heavy atom. The van der Waals surface area contributed by atoms with Gasteiger partial charge in [0.2, 0.25) is 0 Å². The summed E-state index contributed by atoms with van der Waals surface area (Å²) in [4.78, 5) is 8.69. The maximum atomic E-state index is 11.5. The molecule has 0 radical (unpaired) electrons. The van der Waals surface area contributed by atoms with Gasteiger partial charge in [-0.25, -0.2) is 0 Å².